The van der Waals surface area contributed by atoms with E-state index in [0.29, 0.717) is 29.3 Å². The van der Waals surface area contributed by atoms with Gasteiger partial charge in [-0.1, -0.05) is 64.5 Å². The van der Waals surface area contributed by atoms with E-state index in [1.807, 2.05) is 54.6 Å². The summed E-state index contributed by atoms with van der Waals surface area (Å²) in [5.41, 5.74) is 2.26. The fourth-order valence-corrected chi connectivity index (χ4v) is 4.51. The zero-order chi connectivity index (χ0) is 26.2. The fraction of sp³-hybridized carbons (Fsp3) is 0.172. The molecule has 0 radical (unpaired) electrons. The minimum absolute atomic E-state index is 0.131. The van der Waals surface area contributed by atoms with E-state index in [0.717, 1.165) is 15.6 Å². The number of hydrogen-bond acceptors (Lipinski definition) is 5. The van der Waals surface area contributed by atoms with Crippen LogP contribution in [-0.2, 0) is 16.1 Å². The first-order valence-electron chi connectivity index (χ1n) is 11.8. The van der Waals surface area contributed by atoms with E-state index in [4.69, 9.17) is 4.74 Å². The minimum Gasteiger partial charge on any atom is -0.464 e. The molecule has 1 N–H and O–H groups in total. The molecule has 0 fully saturated rings. The van der Waals surface area contributed by atoms with Crippen LogP contribution in [0.4, 0.5) is 0 Å². The van der Waals surface area contributed by atoms with Gasteiger partial charge in [-0.3, -0.25) is 14.6 Å². The molecule has 4 aromatic rings. The molecule has 2 aromatic heterocycles. The van der Waals surface area contributed by atoms with Gasteiger partial charge in [0.1, 0.15) is 5.69 Å². The number of methoxy groups -OCH3 is 1. The number of nitrogens with one attached hydrogen (secondary N) is 1. The zero-order valence-corrected chi connectivity index (χ0v) is 21.9. The molecule has 8 heteroatoms. The molecular weight excluding hydrogens is 534 g/mol. The molecule has 0 aliphatic heterocycles. The van der Waals surface area contributed by atoms with Gasteiger partial charge in [0, 0.05) is 47.3 Å². The number of esters is 1. The van der Waals surface area contributed by atoms with E-state index in [-0.39, 0.29) is 30.1 Å². The quantitative estimate of drug-likeness (QED) is 0.224. The fourth-order valence-electron chi connectivity index (χ4n) is 4.15. The van der Waals surface area contributed by atoms with Gasteiger partial charge in [0.15, 0.2) is 0 Å². The summed E-state index contributed by atoms with van der Waals surface area (Å²) < 4.78 is 7.36. The maximum absolute atomic E-state index is 13.5. The molecule has 188 valence electrons. The molecule has 4 rings (SSSR count). The Labute approximate surface area is 222 Å². The second-order valence-corrected chi connectivity index (χ2v) is 9.24. The van der Waals surface area contributed by atoms with E-state index >= 15 is 0 Å². The number of fused-ring (bicyclic) bond motifs is 1. The van der Waals surface area contributed by atoms with Crippen LogP contribution in [0.5, 0.6) is 0 Å². The first kappa shape index (κ1) is 26.0. The van der Waals surface area contributed by atoms with Gasteiger partial charge in [0.25, 0.3) is 5.56 Å². The monoisotopic (exact) mass is 559 g/mol. The van der Waals surface area contributed by atoms with Gasteiger partial charge in [-0.2, -0.15) is 0 Å². The number of carbonyl (C=O) groups is 2. The first-order valence-corrected chi connectivity index (χ1v) is 12.6. The summed E-state index contributed by atoms with van der Waals surface area (Å²) in [6.45, 7) is 0.590. The summed E-state index contributed by atoms with van der Waals surface area (Å²) in [7, 11) is 1.30. The molecule has 0 aliphatic carbocycles. The van der Waals surface area contributed by atoms with E-state index in [1.165, 1.54) is 11.7 Å². The van der Waals surface area contributed by atoms with Crippen LogP contribution in [0.1, 0.15) is 28.9 Å². The highest BCUT2D eigenvalue weighted by molar-refractivity contribution is 9.10. The van der Waals surface area contributed by atoms with Gasteiger partial charge in [0.05, 0.1) is 7.11 Å². The van der Waals surface area contributed by atoms with Crippen LogP contribution >= 0.6 is 15.9 Å². The number of halogens is 1. The molecule has 37 heavy (non-hydrogen) atoms. The molecule has 2 heterocycles. The van der Waals surface area contributed by atoms with Crippen LogP contribution < -0.4 is 10.9 Å². The van der Waals surface area contributed by atoms with Crippen LogP contribution in [0.3, 0.4) is 0 Å². The van der Waals surface area contributed by atoms with Crippen molar-refractivity contribution in [1.29, 1.82) is 0 Å². The lowest BCUT2D eigenvalue weighted by molar-refractivity contribution is -0.120. The number of carbonyl (C=O) groups excluding carboxylic acids is 2. The van der Waals surface area contributed by atoms with Crippen molar-refractivity contribution in [2.75, 3.05) is 13.7 Å². The van der Waals surface area contributed by atoms with Crippen molar-refractivity contribution in [3.05, 3.63) is 105 Å². The van der Waals surface area contributed by atoms with Crippen molar-refractivity contribution in [1.82, 2.24) is 14.9 Å². The van der Waals surface area contributed by atoms with Crippen LogP contribution in [-0.4, -0.2) is 35.1 Å². The van der Waals surface area contributed by atoms with Crippen LogP contribution in [0.2, 0.25) is 0 Å². The largest absolute Gasteiger partial charge is 0.464 e. The maximum Gasteiger partial charge on any atom is 0.355 e. The summed E-state index contributed by atoms with van der Waals surface area (Å²) in [5.74, 6) is -0.726. The van der Waals surface area contributed by atoms with Gasteiger partial charge < -0.3 is 14.6 Å². The summed E-state index contributed by atoms with van der Waals surface area (Å²) in [6.07, 6.45) is 7.71. The highest BCUT2D eigenvalue weighted by Crippen LogP contribution is 2.33. The van der Waals surface area contributed by atoms with Gasteiger partial charge in [-0.15, -0.1) is 0 Å². The predicted molar refractivity (Wildman–Crippen MR) is 148 cm³/mol. The Balaban J connectivity index is 1.58. The highest BCUT2D eigenvalue weighted by Gasteiger charge is 2.24. The smallest absolute Gasteiger partial charge is 0.355 e. The molecule has 2 aromatic carbocycles. The average Bonchev–Trinajstić information content (AvgIpc) is 2.92. The van der Waals surface area contributed by atoms with Gasteiger partial charge in [-0.05, 0) is 47.2 Å². The Morgan fingerprint density at radius 3 is 2.62 bits per heavy atom. The molecular formula is C29H26BrN3O4. The number of ether oxygens (including phenoxy) is 1. The summed E-state index contributed by atoms with van der Waals surface area (Å²) in [4.78, 5) is 42.8. The Morgan fingerprint density at radius 2 is 1.89 bits per heavy atom. The van der Waals surface area contributed by atoms with Crippen LogP contribution in [0.25, 0.3) is 28.0 Å². The van der Waals surface area contributed by atoms with Gasteiger partial charge in [0.2, 0.25) is 5.91 Å². The number of pyridine rings is 2. The van der Waals surface area contributed by atoms with Crippen LogP contribution in [0.15, 0.2) is 88.4 Å². The molecule has 0 unspecified atom stereocenters. The molecule has 0 spiro atoms. The maximum atomic E-state index is 13.5. The summed E-state index contributed by atoms with van der Waals surface area (Å²) in [5, 5.41) is 4.03. The van der Waals surface area contributed by atoms with Crippen molar-refractivity contribution in [2.45, 2.75) is 19.4 Å². The van der Waals surface area contributed by atoms with Crippen molar-refractivity contribution < 1.29 is 14.3 Å². The van der Waals surface area contributed by atoms with Crippen molar-refractivity contribution in [3.63, 3.8) is 0 Å². The number of hydrogen-bond donors (Lipinski definition) is 1. The first-order chi connectivity index (χ1) is 18.0. The molecule has 0 saturated carbocycles. The third-order valence-electron chi connectivity index (χ3n) is 5.85. The predicted octanol–water partition coefficient (Wildman–Crippen LogP) is 5.22. The normalized spacial score (nSPS) is 11.1. The van der Waals surface area contributed by atoms with Gasteiger partial charge in [-0.25, -0.2) is 4.79 Å². The van der Waals surface area contributed by atoms with Crippen LogP contribution in [0, 0.1) is 0 Å². The molecule has 0 aliphatic rings. The molecule has 0 bridgehead atoms. The summed E-state index contributed by atoms with van der Waals surface area (Å²) in [6, 6.07) is 18.6. The summed E-state index contributed by atoms with van der Waals surface area (Å²) >= 11 is 3.48. The Bertz CT molecular complexity index is 1500. The number of amides is 1. The lowest BCUT2D eigenvalue weighted by Crippen LogP contribution is -2.30. The number of benzene rings is 2. The topological polar surface area (TPSA) is 90.3 Å². The molecule has 0 atom stereocenters. The average molecular weight is 560 g/mol. The molecule has 0 saturated heterocycles. The van der Waals surface area contributed by atoms with Crippen molar-refractivity contribution >= 4 is 44.7 Å². The van der Waals surface area contributed by atoms with E-state index in [2.05, 4.69) is 26.2 Å². The van der Waals surface area contributed by atoms with Gasteiger partial charge >= 0.3 is 5.97 Å². The third kappa shape index (κ3) is 6.21. The van der Waals surface area contributed by atoms with E-state index < -0.39 is 5.97 Å². The number of aromatic nitrogens is 2. The Kier molecular flexibility index (Phi) is 8.64. The minimum atomic E-state index is -0.595. The molecule has 7 nitrogen and oxygen atoms in total. The van der Waals surface area contributed by atoms with E-state index in [1.54, 1.807) is 30.6 Å². The molecule has 1 amide bonds. The van der Waals surface area contributed by atoms with E-state index in [9.17, 15) is 14.4 Å². The lowest BCUT2D eigenvalue weighted by atomic mass is 9.96. The van der Waals surface area contributed by atoms with Crippen molar-refractivity contribution in [2.24, 2.45) is 0 Å². The highest BCUT2D eigenvalue weighted by atomic mass is 79.9. The lowest BCUT2D eigenvalue weighted by Gasteiger charge is -2.19. The second-order valence-electron chi connectivity index (χ2n) is 8.32. The second kappa shape index (κ2) is 12.3. The Morgan fingerprint density at radius 1 is 1.08 bits per heavy atom. The Hall–Kier alpha value is -4.04. The third-order valence-corrected chi connectivity index (χ3v) is 6.35. The SMILES string of the molecule is COC(=O)c1c(-c2ccccc2)c2cc(Br)ccc2c(=O)n1CCCNC(=O)C/C=C/c1cccnc1. The zero-order valence-electron chi connectivity index (χ0n) is 20.3. The van der Waals surface area contributed by atoms with Crippen molar-refractivity contribution in [3.8, 4) is 11.1 Å². The number of rotatable bonds is 9. The number of nitrogens with zero attached hydrogens (tertiary/aromatic N) is 2. The standard InChI is InChI=1S/C29H26BrN3O4/c1-37-29(36)27-26(21-10-3-2-4-11-21)24-18-22(30)13-14-23(24)28(35)33(27)17-7-16-32-25(34)12-5-8-20-9-6-15-31-19-20/h2-6,8-11,13-15,18-19H,7,12,16-17H2,1H3,(H,32,34)/b8-5+.